The molecule has 0 fully saturated rings. The lowest BCUT2D eigenvalue weighted by atomic mass is 9.93. The number of ether oxygens (including phenoxy) is 2. The molecule has 1 heterocycles. The molecule has 0 amide bonds. The molecule has 0 saturated carbocycles. The Morgan fingerprint density at radius 3 is 2.58 bits per heavy atom. The molecule has 0 aromatic heterocycles. The van der Waals surface area contributed by atoms with Gasteiger partial charge in [-0.25, -0.2) is 4.79 Å². The summed E-state index contributed by atoms with van der Waals surface area (Å²) in [5.41, 5.74) is -0.936. The lowest BCUT2D eigenvalue weighted by Crippen LogP contribution is -2.44. The highest BCUT2D eigenvalue weighted by atomic mass is 16.6. The maximum Gasteiger partial charge on any atom is 0.355 e. The molecule has 1 aliphatic rings. The number of nitro groups is 1. The van der Waals surface area contributed by atoms with Gasteiger partial charge in [-0.3, -0.25) is 14.9 Å². The number of rotatable bonds is 5. The molecule has 0 bridgehead atoms. The lowest BCUT2D eigenvalue weighted by molar-refractivity contribution is -0.384. The van der Waals surface area contributed by atoms with Crippen LogP contribution in [0, 0.1) is 10.1 Å². The van der Waals surface area contributed by atoms with E-state index < -0.39 is 16.5 Å². The molecule has 1 atom stereocenters. The third kappa shape index (κ3) is 4.07. The van der Waals surface area contributed by atoms with Gasteiger partial charge in [0, 0.05) is 18.2 Å². The van der Waals surface area contributed by atoms with Crippen molar-refractivity contribution in [3.63, 3.8) is 0 Å². The van der Waals surface area contributed by atoms with Gasteiger partial charge in [0.25, 0.3) is 5.69 Å². The Morgan fingerprint density at radius 2 is 2.04 bits per heavy atom. The Labute approximate surface area is 138 Å². The summed E-state index contributed by atoms with van der Waals surface area (Å²) >= 11 is 0. The van der Waals surface area contributed by atoms with Gasteiger partial charge in [-0.15, -0.1) is 0 Å². The van der Waals surface area contributed by atoms with E-state index in [0.29, 0.717) is 5.56 Å². The number of hydrogen-bond donors (Lipinski definition) is 0. The highest BCUT2D eigenvalue weighted by molar-refractivity contribution is 5.98. The molecule has 0 radical (unpaired) electrons. The first kappa shape index (κ1) is 17.4. The quantitative estimate of drug-likeness (QED) is 0.468. The van der Waals surface area contributed by atoms with Crippen LogP contribution in [-0.4, -0.2) is 28.4 Å². The summed E-state index contributed by atoms with van der Waals surface area (Å²) in [6, 6.07) is 5.78. The predicted molar refractivity (Wildman–Crippen MR) is 85.9 cm³/mol. The second-order valence-corrected chi connectivity index (χ2v) is 5.59. The summed E-state index contributed by atoms with van der Waals surface area (Å²) in [5, 5.41) is 10.7. The Bertz CT molecular complexity index is 704. The summed E-state index contributed by atoms with van der Waals surface area (Å²) in [6.07, 6.45) is 4.91. The molecule has 2 rings (SSSR count). The zero-order valence-corrected chi connectivity index (χ0v) is 13.3. The summed E-state index contributed by atoms with van der Waals surface area (Å²) in [5.74, 6) is -0.913. The normalized spacial score (nSPS) is 20.2. The molecular weight excluding hydrogens is 314 g/mol. The largest absolute Gasteiger partial charge is 0.478 e. The van der Waals surface area contributed by atoms with Crippen LogP contribution in [0.25, 0.3) is 6.08 Å². The van der Waals surface area contributed by atoms with E-state index >= 15 is 0 Å². The summed E-state index contributed by atoms with van der Waals surface area (Å²) < 4.78 is 10.6. The minimum atomic E-state index is -1.53. The Hall–Kier alpha value is -2.96. The van der Waals surface area contributed by atoms with Gasteiger partial charge >= 0.3 is 5.97 Å². The van der Waals surface area contributed by atoms with E-state index in [9.17, 15) is 19.7 Å². The maximum absolute atomic E-state index is 12.4. The van der Waals surface area contributed by atoms with Gasteiger partial charge in [0.2, 0.25) is 5.60 Å². The van der Waals surface area contributed by atoms with Gasteiger partial charge in [-0.2, -0.15) is 0 Å². The molecule has 126 valence electrons. The number of nitrogens with zero attached hydrogens (tertiary/aromatic N) is 1. The van der Waals surface area contributed by atoms with Crippen molar-refractivity contribution in [3.8, 4) is 0 Å². The number of non-ortho nitro benzene ring substituents is 1. The van der Waals surface area contributed by atoms with Crippen molar-refractivity contribution in [1.82, 2.24) is 0 Å². The van der Waals surface area contributed by atoms with Gasteiger partial charge in [0.05, 0.1) is 23.7 Å². The summed E-state index contributed by atoms with van der Waals surface area (Å²) in [6.45, 7) is 3.40. The van der Waals surface area contributed by atoms with Crippen LogP contribution in [0.15, 0.2) is 42.7 Å². The molecule has 0 spiro atoms. The number of benzene rings is 1. The van der Waals surface area contributed by atoms with Crippen LogP contribution >= 0.6 is 0 Å². The highest BCUT2D eigenvalue weighted by Crippen LogP contribution is 2.27. The number of carbonyl (C=O) groups excluding carboxylic acids is 2. The first-order valence-electron chi connectivity index (χ1n) is 7.34. The van der Waals surface area contributed by atoms with Crippen molar-refractivity contribution in [2.24, 2.45) is 0 Å². The average molecular weight is 331 g/mol. The van der Waals surface area contributed by atoms with E-state index in [1.54, 1.807) is 19.9 Å². The molecule has 24 heavy (non-hydrogen) atoms. The molecule has 0 aliphatic carbocycles. The van der Waals surface area contributed by atoms with Crippen LogP contribution in [0.4, 0.5) is 5.69 Å². The van der Waals surface area contributed by atoms with Crippen molar-refractivity contribution in [2.45, 2.75) is 32.0 Å². The minimum Gasteiger partial charge on any atom is -0.478 e. The van der Waals surface area contributed by atoms with Crippen LogP contribution in [0.5, 0.6) is 0 Å². The van der Waals surface area contributed by atoms with Crippen LogP contribution in [0.3, 0.4) is 0 Å². The predicted octanol–water partition coefficient (Wildman–Crippen LogP) is 2.80. The smallest absolute Gasteiger partial charge is 0.355 e. The van der Waals surface area contributed by atoms with Crippen molar-refractivity contribution in [1.29, 1.82) is 0 Å². The third-order valence-electron chi connectivity index (χ3n) is 3.31. The minimum absolute atomic E-state index is 0.0342. The third-order valence-corrected chi connectivity index (χ3v) is 3.31. The SMILES string of the molecule is CC(C)OC(=O)[C@@]1(/C=C/c2ccc([N+](=O)[O-])cc2)CC(=O)C=CO1. The number of esters is 1. The van der Waals surface area contributed by atoms with Gasteiger partial charge in [0.15, 0.2) is 5.78 Å². The first-order valence-corrected chi connectivity index (χ1v) is 7.34. The van der Waals surface area contributed by atoms with Crippen molar-refractivity contribution in [2.75, 3.05) is 0 Å². The van der Waals surface area contributed by atoms with Gasteiger partial charge < -0.3 is 9.47 Å². The zero-order valence-electron chi connectivity index (χ0n) is 13.3. The van der Waals surface area contributed by atoms with E-state index in [2.05, 4.69) is 0 Å². The van der Waals surface area contributed by atoms with Crippen molar-refractivity contribution < 1.29 is 24.0 Å². The van der Waals surface area contributed by atoms with E-state index in [4.69, 9.17) is 9.47 Å². The second-order valence-electron chi connectivity index (χ2n) is 5.59. The van der Waals surface area contributed by atoms with Crippen LogP contribution < -0.4 is 0 Å². The number of ketones is 1. The molecule has 1 aromatic rings. The van der Waals surface area contributed by atoms with Gasteiger partial charge in [0.1, 0.15) is 0 Å². The maximum atomic E-state index is 12.4. The molecule has 0 N–H and O–H groups in total. The monoisotopic (exact) mass is 331 g/mol. The zero-order chi connectivity index (χ0) is 17.7. The second kappa shape index (κ2) is 7.08. The molecule has 1 aliphatic heterocycles. The number of allylic oxidation sites excluding steroid dienone is 1. The fourth-order valence-corrected chi connectivity index (χ4v) is 2.13. The number of hydrogen-bond acceptors (Lipinski definition) is 6. The standard InChI is InChI=1S/C17H17NO6/c1-12(2)24-16(20)17(11-15(19)8-10-23-17)9-7-13-3-5-14(6-4-13)18(21)22/h3-10,12H,11H2,1-2H3/b9-7+/t17-/m1/s1. The molecule has 7 heteroatoms. The fourth-order valence-electron chi connectivity index (χ4n) is 2.13. The summed E-state index contributed by atoms with van der Waals surface area (Å²) in [7, 11) is 0. The average Bonchev–Trinajstić information content (AvgIpc) is 2.52. The van der Waals surface area contributed by atoms with Crippen molar-refractivity contribution >= 4 is 23.5 Å². The van der Waals surface area contributed by atoms with E-state index in [0.717, 1.165) is 0 Å². The van der Waals surface area contributed by atoms with Crippen molar-refractivity contribution in [3.05, 3.63) is 58.4 Å². The van der Waals surface area contributed by atoms with E-state index in [1.807, 2.05) is 0 Å². The molecule has 7 nitrogen and oxygen atoms in total. The number of carbonyl (C=O) groups is 2. The topological polar surface area (TPSA) is 95.7 Å². The molecule has 1 aromatic carbocycles. The molecule has 0 unspecified atom stereocenters. The highest BCUT2D eigenvalue weighted by Gasteiger charge is 2.43. The number of nitro benzene ring substituents is 1. The lowest BCUT2D eigenvalue weighted by Gasteiger charge is -2.30. The Balaban J connectivity index is 2.27. The van der Waals surface area contributed by atoms with Crippen LogP contribution in [0.2, 0.25) is 0 Å². The Kier molecular flexibility index (Phi) is 5.13. The molecule has 0 saturated heterocycles. The van der Waals surface area contributed by atoms with Gasteiger partial charge in [-0.05, 0) is 37.6 Å². The summed E-state index contributed by atoms with van der Waals surface area (Å²) in [4.78, 5) is 34.2. The molecular formula is C17H17NO6. The van der Waals surface area contributed by atoms with Crippen LogP contribution in [-0.2, 0) is 19.1 Å². The Morgan fingerprint density at radius 1 is 1.38 bits per heavy atom. The fraction of sp³-hybridized carbons (Fsp3) is 0.294. The van der Waals surface area contributed by atoms with Gasteiger partial charge in [-0.1, -0.05) is 6.08 Å². The first-order chi connectivity index (χ1) is 11.3. The van der Waals surface area contributed by atoms with E-state index in [-0.39, 0.29) is 24.0 Å². The van der Waals surface area contributed by atoms with Crippen LogP contribution in [0.1, 0.15) is 25.8 Å². The van der Waals surface area contributed by atoms with E-state index in [1.165, 1.54) is 42.7 Å².